The van der Waals surface area contributed by atoms with Crippen LogP contribution in [0.2, 0.25) is 0 Å². The Balaban J connectivity index is 3.12. The first kappa shape index (κ1) is 11.1. The van der Waals surface area contributed by atoms with Crippen molar-refractivity contribution < 1.29 is 8.78 Å². The smallest absolute Gasteiger partial charge is 0.282 e. The summed E-state index contributed by atoms with van der Waals surface area (Å²) in [5.74, 6) is 0. The van der Waals surface area contributed by atoms with E-state index in [0.717, 1.165) is 0 Å². The van der Waals surface area contributed by atoms with Gasteiger partial charge in [0.05, 0.1) is 5.69 Å². The Kier molecular flexibility index (Phi) is 3.21. The highest BCUT2D eigenvalue weighted by molar-refractivity contribution is 5.15. The number of rotatable bonds is 3. The lowest BCUT2D eigenvalue weighted by Crippen LogP contribution is -2.14. The van der Waals surface area contributed by atoms with Crippen LogP contribution < -0.4 is 5.73 Å². The number of hydrogen-bond acceptors (Lipinski definition) is 2. The zero-order valence-electron chi connectivity index (χ0n) is 8.54. The van der Waals surface area contributed by atoms with Crippen LogP contribution in [0.1, 0.15) is 50.7 Å². The van der Waals surface area contributed by atoms with E-state index in [9.17, 15) is 8.78 Å². The molecule has 1 aromatic heterocycles. The number of hydrogen-bond donors (Lipinski definition) is 1. The molecular formula is C9H15F2N3. The molecule has 1 aromatic rings. The van der Waals surface area contributed by atoms with Gasteiger partial charge >= 0.3 is 0 Å². The first-order valence-electron chi connectivity index (χ1n) is 4.56. The molecule has 2 N–H and O–H groups in total. The fourth-order valence-corrected chi connectivity index (χ4v) is 1.29. The van der Waals surface area contributed by atoms with Crippen molar-refractivity contribution in [2.75, 3.05) is 0 Å². The Labute approximate surface area is 81.9 Å². The van der Waals surface area contributed by atoms with Gasteiger partial charge in [0.1, 0.15) is 5.69 Å². The average Bonchev–Trinajstić information content (AvgIpc) is 2.47. The highest BCUT2D eigenvalue weighted by Gasteiger charge is 2.18. The summed E-state index contributed by atoms with van der Waals surface area (Å²) >= 11 is 0. The van der Waals surface area contributed by atoms with Crippen molar-refractivity contribution in [2.45, 2.75) is 39.3 Å². The molecule has 1 heterocycles. The van der Waals surface area contributed by atoms with Gasteiger partial charge in [-0.1, -0.05) is 0 Å². The Morgan fingerprint density at radius 3 is 2.21 bits per heavy atom. The molecule has 0 bridgehead atoms. The van der Waals surface area contributed by atoms with Gasteiger partial charge in [0.25, 0.3) is 6.43 Å². The zero-order valence-corrected chi connectivity index (χ0v) is 8.54. The van der Waals surface area contributed by atoms with Crippen LogP contribution in [-0.4, -0.2) is 9.78 Å². The van der Waals surface area contributed by atoms with Gasteiger partial charge in [-0.25, -0.2) is 8.78 Å². The number of nitrogens with two attached hydrogens (primary N) is 1. The molecule has 1 unspecified atom stereocenters. The van der Waals surface area contributed by atoms with E-state index in [2.05, 4.69) is 5.10 Å². The molecule has 3 nitrogen and oxygen atoms in total. The molecule has 0 amide bonds. The minimum atomic E-state index is -2.53. The summed E-state index contributed by atoms with van der Waals surface area (Å²) in [4.78, 5) is 0. The standard InChI is InChI=1S/C9H15F2N3/c1-5(2)14-8(6(3)12)4-7(13-14)9(10)11/h4-6,9H,12H2,1-3H3. The predicted molar refractivity (Wildman–Crippen MR) is 50.2 cm³/mol. The summed E-state index contributed by atoms with van der Waals surface area (Å²) in [5.41, 5.74) is 6.11. The first-order chi connectivity index (χ1) is 6.43. The lowest BCUT2D eigenvalue weighted by molar-refractivity contribution is 0.144. The quantitative estimate of drug-likeness (QED) is 0.819. The van der Waals surface area contributed by atoms with E-state index in [1.54, 1.807) is 11.6 Å². The molecule has 1 atom stereocenters. The van der Waals surface area contributed by atoms with Crippen LogP contribution in [0.25, 0.3) is 0 Å². The number of alkyl halides is 2. The van der Waals surface area contributed by atoms with Crippen molar-refractivity contribution in [3.63, 3.8) is 0 Å². The molecule has 0 aliphatic rings. The summed E-state index contributed by atoms with van der Waals surface area (Å²) in [6, 6.07) is 1.14. The van der Waals surface area contributed by atoms with Gasteiger partial charge in [-0.2, -0.15) is 5.10 Å². The van der Waals surface area contributed by atoms with Gasteiger partial charge in [0.2, 0.25) is 0 Å². The van der Waals surface area contributed by atoms with E-state index in [0.29, 0.717) is 5.69 Å². The van der Waals surface area contributed by atoms with E-state index in [1.165, 1.54) is 6.07 Å². The Hall–Kier alpha value is -0.970. The molecule has 0 saturated carbocycles. The molecule has 0 spiro atoms. The van der Waals surface area contributed by atoms with Crippen LogP contribution in [-0.2, 0) is 0 Å². The van der Waals surface area contributed by atoms with Crippen LogP contribution in [0.15, 0.2) is 6.07 Å². The van der Waals surface area contributed by atoms with Crippen LogP contribution in [0.5, 0.6) is 0 Å². The Bertz CT molecular complexity index is 280. The van der Waals surface area contributed by atoms with Gasteiger partial charge in [0, 0.05) is 12.1 Å². The SMILES string of the molecule is CC(N)c1cc(C(F)F)nn1C(C)C. The second-order valence-electron chi connectivity index (χ2n) is 3.62. The highest BCUT2D eigenvalue weighted by Crippen LogP contribution is 2.23. The molecule has 80 valence electrons. The molecule has 0 aliphatic heterocycles. The zero-order chi connectivity index (χ0) is 10.9. The van der Waals surface area contributed by atoms with Gasteiger partial charge in [-0.15, -0.1) is 0 Å². The van der Waals surface area contributed by atoms with Crippen molar-refractivity contribution in [2.24, 2.45) is 5.73 Å². The normalized spacial score (nSPS) is 14.0. The van der Waals surface area contributed by atoms with Crippen molar-refractivity contribution in [3.8, 4) is 0 Å². The van der Waals surface area contributed by atoms with Crippen LogP contribution in [0.3, 0.4) is 0 Å². The summed E-state index contributed by atoms with van der Waals surface area (Å²) in [6.07, 6.45) is -2.53. The number of nitrogens with zero attached hydrogens (tertiary/aromatic N) is 2. The summed E-state index contributed by atoms with van der Waals surface area (Å²) in [7, 11) is 0. The minimum absolute atomic E-state index is 0.0449. The van der Waals surface area contributed by atoms with E-state index < -0.39 is 6.43 Å². The summed E-state index contributed by atoms with van der Waals surface area (Å²) in [6.45, 7) is 5.52. The minimum Gasteiger partial charge on any atom is -0.323 e. The fourth-order valence-electron chi connectivity index (χ4n) is 1.29. The van der Waals surface area contributed by atoms with Gasteiger partial charge in [0.15, 0.2) is 0 Å². The molecular weight excluding hydrogens is 188 g/mol. The lowest BCUT2D eigenvalue weighted by Gasteiger charge is -2.12. The van der Waals surface area contributed by atoms with Gasteiger partial charge < -0.3 is 5.73 Å². The average molecular weight is 203 g/mol. The van der Waals surface area contributed by atoms with Crippen molar-refractivity contribution in [1.29, 1.82) is 0 Å². The highest BCUT2D eigenvalue weighted by atomic mass is 19.3. The summed E-state index contributed by atoms with van der Waals surface area (Å²) < 4.78 is 26.3. The van der Waals surface area contributed by atoms with Gasteiger partial charge in [-0.05, 0) is 26.8 Å². The van der Waals surface area contributed by atoms with Crippen molar-refractivity contribution >= 4 is 0 Å². The molecule has 0 saturated heterocycles. The number of halogens is 2. The second kappa shape index (κ2) is 4.04. The molecule has 1 rings (SSSR count). The third kappa shape index (κ3) is 2.09. The maximum atomic E-state index is 12.4. The van der Waals surface area contributed by atoms with E-state index in [4.69, 9.17) is 5.73 Å². The summed E-state index contributed by atoms with van der Waals surface area (Å²) in [5, 5.41) is 3.82. The van der Waals surface area contributed by atoms with E-state index in [1.807, 2.05) is 13.8 Å². The first-order valence-corrected chi connectivity index (χ1v) is 4.56. The Morgan fingerprint density at radius 2 is 1.93 bits per heavy atom. The predicted octanol–water partition coefficient (Wildman–Crippen LogP) is 2.42. The van der Waals surface area contributed by atoms with Crippen molar-refractivity contribution in [3.05, 3.63) is 17.5 Å². The van der Waals surface area contributed by atoms with Crippen LogP contribution >= 0.6 is 0 Å². The van der Waals surface area contributed by atoms with Gasteiger partial charge in [-0.3, -0.25) is 4.68 Å². The second-order valence-corrected chi connectivity index (χ2v) is 3.62. The molecule has 14 heavy (non-hydrogen) atoms. The topological polar surface area (TPSA) is 43.8 Å². The third-order valence-electron chi connectivity index (χ3n) is 1.96. The molecule has 0 fully saturated rings. The molecule has 0 radical (unpaired) electrons. The Morgan fingerprint density at radius 1 is 1.36 bits per heavy atom. The van der Waals surface area contributed by atoms with Crippen molar-refractivity contribution in [1.82, 2.24) is 9.78 Å². The van der Waals surface area contributed by atoms with Crippen LogP contribution in [0, 0.1) is 0 Å². The third-order valence-corrected chi connectivity index (χ3v) is 1.96. The number of aromatic nitrogens is 2. The monoisotopic (exact) mass is 203 g/mol. The molecule has 5 heteroatoms. The van der Waals surface area contributed by atoms with Crippen LogP contribution in [0.4, 0.5) is 8.78 Å². The molecule has 0 aromatic carbocycles. The van der Waals surface area contributed by atoms with E-state index >= 15 is 0 Å². The maximum absolute atomic E-state index is 12.4. The van der Waals surface area contributed by atoms with E-state index in [-0.39, 0.29) is 17.8 Å². The lowest BCUT2D eigenvalue weighted by atomic mass is 10.2. The fraction of sp³-hybridized carbons (Fsp3) is 0.667. The molecule has 0 aliphatic carbocycles. The largest absolute Gasteiger partial charge is 0.323 e. The maximum Gasteiger partial charge on any atom is 0.282 e.